The van der Waals surface area contributed by atoms with E-state index in [0.717, 1.165) is 11.3 Å². The van der Waals surface area contributed by atoms with Gasteiger partial charge in [0.25, 0.3) is 0 Å². The van der Waals surface area contributed by atoms with Crippen molar-refractivity contribution in [1.29, 1.82) is 0 Å². The minimum Gasteiger partial charge on any atom is -0.494 e. The van der Waals surface area contributed by atoms with E-state index in [2.05, 4.69) is 38.2 Å². The molecule has 4 heteroatoms. The molecule has 0 unspecified atom stereocenters. The van der Waals surface area contributed by atoms with E-state index in [1.165, 1.54) is 5.56 Å². The number of anilines is 1. The Kier molecular flexibility index (Phi) is 6.59. The molecule has 2 aromatic carbocycles. The lowest BCUT2D eigenvalue weighted by Crippen LogP contribution is -2.13. The van der Waals surface area contributed by atoms with Crippen molar-refractivity contribution in [2.24, 2.45) is 0 Å². The number of nitrogens with one attached hydrogen (secondary N) is 1. The number of carbonyl (C=O) groups excluding carboxylic acids is 1. The molecule has 25 heavy (non-hydrogen) atoms. The zero-order chi connectivity index (χ0) is 18.3. The van der Waals surface area contributed by atoms with Gasteiger partial charge < -0.3 is 15.2 Å². The fourth-order valence-corrected chi connectivity index (χ4v) is 2.44. The van der Waals surface area contributed by atoms with E-state index in [1.54, 1.807) is 6.07 Å². The molecule has 0 aliphatic rings. The van der Waals surface area contributed by atoms with Crippen molar-refractivity contribution in [2.75, 3.05) is 11.9 Å². The summed E-state index contributed by atoms with van der Waals surface area (Å²) in [6, 6.07) is 15.3. The number of aliphatic hydroxyl groups is 1. The van der Waals surface area contributed by atoms with Crippen molar-refractivity contribution >= 4 is 11.6 Å². The van der Waals surface area contributed by atoms with Crippen LogP contribution < -0.4 is 10.1 Å². The Balaban J connectivity index is 1.72. The topological polar surface area (TPSA) is 58.6 Å². The lowest BCUT2D eigenvalue weighted by molar-refractivity contribution is -0.116. The molecule has 0 fully saturated rings. The zero-order valence-corrected chi connectivity index (χ0v) is 15.2. The Morgan fingerprint density at radius 2 is 1.84 bits per heavy atom. The SMILES string of the molecule is CC(C)(C)c1ccc(OCCCC(=O)Nc2cccc(CO)c2)cc1. The van der Waals surface area contributed by atoms with Crippen molar-refractivity contribution < 1.29 is 14.6 Å². The summed E-state index contributed by atoms with van der Waals surface area (Å²) >= 11 is 0. The van der Waals surface area contributed by atoms with E-state index in [4.69, 9.17) is 9.84 Å². The number of hydrogen-bond acceptors (Lipinski definition) is 3. The van der Waals surface area contributed by atoms with Crippen LogP contribution in [0.15, 0.2) is 48.5 Å². The molecule has 0 radical (unpaired) electrons. The van der Waals surface area contributed by atoms with Gasteiger partial charge in [0, 0.05) is 12.1 Å². The number of amides is 1. The quantitative estimate of drug-likeness (QED) is 0.739. The van der Waals surface area contributed by atoms with Gasteiger partial charge in [-0.05, 0) is 47.2 Å². The minimum absolute atomic E-state index is 0.0362. The maximum atomic E-state index is 11.9. The van der Waals surface area contributed by atoms with E-state index in [1.807, 2.05) is 30.3 Å². The summed E-state index contributed by atoms with van der Waals surface area (Å²) in [4.78, 5) is 11.9. The van der Waals surface area contributed by atoms with Crippen molar-refractivity contribution in [3.8, 4) is 5.75 Å². The van der Waals surface area contributed by atoms with Crippen molar-refractivity contribution in [3.63, 3.8) is 0 Å². The maximum absolute atomic E-state index is 11.9. The number of ether oxygens (including phenoxy) is 1. The third kappa shape index (κ3) is 6.24. The molecule has 2 aromatic rings. The van der Waals surface area contributed by atoms with Gasteiger partial charge in [-0.3, -0.25) is 4.79 Å². The first kappa shape index (κ1) is 19.0. The summed E-state index contributed by atoms with van der Waals surface area (Å²) in [6.45, 7) is 7.00. The van der Waals surface area contributed by atoms with Gasteiger partial charge in [-0.2, -0.15) is 0 Å². The Morgan fingerprint density at radius 3 is 2.48 bits per heavy atom. The van der Waals surface area contributed by atoms with Crippen LogP contribution in [-0.2, 0) is 16.8 Å². The lowest BCUT2D eigenvalue weighted by atomic mass is 9.87. The van der Waals surface area contributed by atoms with E-state index in [-0.39, 0.29) is 17.9 Å². The molecule has 0 bridgehead atoms. The van der Waals surface area contributed by atoms with Gasteiger partial charge in [-0.25, -0.2) is 0 Å². The number of aliphatic hydroxyl groups excluding tert-OH is 1. The summed E-state index contributed by atoms with van der Waals surface area (Å²) in [5.74, 6) is 0.769. The van der Waals surface area contributed by atoms with Crippen molar-refractivity contribution in [1.82, 2.24) is 0 Å². The van der Waals surface area contributed by atoms with Crippen LogP contribution in [0.3, 0.4) is 0 Å². The molecule has 0 aliphatic heterocycles. The van der Waals surface area contributed by atoms with Gasteiger partial charge in [-0.1, -0.05) is 45.0 Å². The Bertz CT molecular complexity index is 687. The predicted octanol–water partition coefficient (Wildman–Crippen LogP) is 4.27. The van der Waals surface area contributed by atoms with Crippen LogP contribution >= 0.6 is 0 Å². The van der Waals surface area contributed by atoms with Gasteiger partial charge in [0.15, 0.2) is 0 Å². The van der Waals surface area contributed by atoms with Crippen LogP contribution in [0.1, 0.15) is 44.7 Å². The molecule has 0 spiro atoms. The molecule has 0 atom stereocenters. The average Bonchev–Trinajstić information content (AvgIpc) is 2.58. The highest BCUT2D eigenvalue weighted by molar-refractivity contribution is 5.90. The second-order valence-electron chi connectivity index (χ2n) is 7.13. The highest BCUT2D eigenvalue weighted by atomic mass is 16.5. The number of carbonyl (C=O) groups is 1. The van der Waals surface area contributed by atoms with Crippen LogP contribution in [0.4, 0.5) is 5.69 Å². The normalized spacial score (nSPS) is 11.2. The number of rotatable bonds is 7. The van der Waals surface area contributed by atoms with Gasteiger partial charge in [-0.15, -0.1) is 0 Å². The van der Waals surface area contributed by atoms with Crippen molar-refractivity contribution in [2.45, 2.75) is 45.6 Å². The van der Waals surface area contributed by atoms with Gasteiger partial charge in [0.2, 0.25) is 5.91 Å². The van der Waals surface area contributed by atoms with Gasteiger partial charge >= 0.3 is 0 Å². The molecule has 2 rings (SSSR count). The first-order chi connectivity index (χ1) is 11.9. The second-order valence-corrected chi connectivity index (χ2v) is 7.13. The van der Waals surface area contributed by atoms with Crippen LogP contribution in [0.2, 0.25) is 0 Å². The number of hydrogen-bond donors (Lipinski definition) is 2. The monoisotopic (exact) mass is 341 g/mol. The zero-order valence-electron chi connectivity index (χ0n) is 15.2. The predicted molar refractivity (Wildman–Crippen MR) is 101 cm³/mol. The molecular formula is C21H27NO3. The smallest absolute Gasteiger partial charge is 0.224 e. The summed E-state index contributed by atoms with van der Waals surface area (Å²) < 4.78 is 5.70. The fourth-order valence-electron chi connectivity index (χ4n) is 2.44. The molecule has 0 aliphatic carbocycles. The van der Waals surface area contributed by atoms with E-state index >= 15 is 0 Å². The second kappa shape index (κ2) is 8.67. The number of benzene rings is 2. The third-order valence-electron chi connectivity index (χ3n) is 3.93. The molecular weight excluding hydrogens is 314 g/mol. The Hall–Kier alpha value is -2.33. The highest BCUT2D eigenvalue weighted by Gasteiger charge is 2.12. The van der Waals surface area contributed by atoms with Crippen LogP contribution in [-0.4, -0.2) is 17.6 Å². The third-order valence-corrected chi connectivity index (χ3v) is 3.93. The summed E-state index contributed by atoms with van der Waals surface area (Å²) in [5, 5.41) is 11.9. The Morgan fingerprint density at radius 1 is 1.12 bits per heavy atom. The first-order valence-corrected chi connectivity index (χ1v) is 8.61. The molecule has 4 nitrogen and oxygen atoms in total. The minimum atomic E-state index is -0.0539. The highest BCUT2D eigenvalue weighted by Crippen LogP contribution is 2.24. The standard InChI is InChI=1S/C21H27NO3/c1-21(2,3)17-9-11-19(12-10-17)25-13-5-8-20(24)22-18-7-4-6-16(14-18)15-23/h4,6-7,9-12,14,23H,5,8,13,15H2,1-3H3,(H,22,24). The summed E-state index contributed by atoms with van der Waals surface area (Å²) in [7, 11) is 0. The molecule has 1 amide bonds. The molecule has 2 N–H and O–H groups in total. The van der Waals surface area contributed by atoms with Gasteiger partial charge in [0.05, 0.1) is 13.2 Å². The summed E-state index contributed by atoms with van der Waals surface area (Å²) in [6.07, 6.45) is 1.04. The Labute approximate surface area is 149 Å². The van der Waals surface area contributed by atoms with Crippen LogP contribution in [0, 0.1) is 0 Å². The largest absolute Gasteiger partial charge is 0.494 e. The molecule has 0 heterocycles. The molecule has 0 saturated carbocycles. The molecule has 134 valence electrons. The fraction of sp³-hybridized carbons (Fsp3) is 0.381. The van der Waals surface area contributed by atoms with Crippen LogP contribution in [0.5, 0.6) is 5.75 Å². The first-order valence-electron chi connectivity index (χ1n) is 8.61. The lowest BCUT2D eigenvalue weighted by Gasteiger charge is -2.19. The van der Waals surface area contributed by atoms with E-state index in [9.17, 15) is 4.79 Å². The van der Waals surface area contributed by atoms with Gasteiger partial charge in [0.1, 0.15) is 5.75 Å². The van der Waals surface area contributed by atoms with E-state index < -0.39 is 0 Å². The maximum Gasteiger partial charge on any atom is 0.224 e. The van der Waals surface area contributed by atoms with E-state index in [0.29, 0.717) is 25.1 Å². The van der Waals surface area contributed by atoms with Crippen LogP contribution in [0.25, 0.3) is 0 Å². The van der Waals surface area contributed by atoms with Crippen molar-refractivity contribution in [3.05, 3.63) is 59.7 Å². The molecule has 0 aromatic heterocycles. The average molecular weight is 341 g/mol. The summed E-state index contributed by atoms with van der Waals surface area (Å²) in [5.41, 5.74) is 2.88. The molecule has 0 saturated heterocycles.